The predicted molar refractivity (Wildman–Crippen MR) is 107 cm³/mol. The lowest BCUT2D eigenvalue weighted by atomic mass is 9.51. The molecule has 2 aromatic rings. The van der Waals surface area contributed by atoms with E-state index in [9.17, 15) is 9.59 Å². The molecule has 1 aliphatic heterocycles. The van der Waals surface area contributed by atoms with Crippen molar-refractivity contribution in [1.82, 2.24) is 15.6 Å². The number of carbonyl (C=O) groups is 2. The molecule has 6 rings (SSSR count). The summed E-state index contributed by atoms with van der Waals surface area (Å²) in [4.78, 5) is 30.2. The van der Waals surface area contributed by atoms with Crippen LogP contribution in [0.2, 0.25) is 0 Å². The van der Waals surface area contributed by atoms with E-state index in [1.807, 2.05) is 19.1 Å². The summed E-state index contributed by atoms with van der Waals surface area (Å²) < 4.78 is 5.56. The number of nitrogens with zero attached hydrogens (tertiary/aromatic N) is 1. The molecular formula is C22H26N4O3. The Labute approximate surface area is 169 Å². The van der Waals surface area contributed by atoms with Crippen molar-refractivity contribution in [2.24, 2.45) is 17.3 Å². The fourth-order valence-electron chi connectivity index (χ4n) is 5.60. The first-order valence-corrected chi connectivity index (χ1v) is 10.3. The van der Waals surface area contributed by atoms with Crippen LogP contribution in [0.25, 0.3) is 0 Å². The van der Waals surface area contributed by atoms with Crippen molar-refractivity contribution >= 4 is 17.6 Å². The van der Waals surface area contributed by atoms with E-state index in [1.165, 1.54) is 0 Å². The Kier molecular flexibility index (Phi) is 3.98. The van der Waals surface area contributed by atoms with Crippen LogP contribution in [0.5, 0.6) is 0 Å². The van der Waals surface area contributed by atoms with Gasteiger partial charge in [0.1, 0.15) is 23.0 Å². The van der Waals surface area contributed by atoms with Crippen LogP contribution in [0, 0.1) is 24.2 Å². The average molecular weight is 394 g/mol. The van der Waals surface area contributed by atoms with Crippen LogP contribution >= 0.6 is 0 Å². The minimum absolute atomic E-state index is 0.0711. The van der Waals surface area contributed by atoms with E-state index in [0.717, 1.165) is 30.8 Å². The number of aryl methyl sites for hydroxylation is 1. The molecule has 2 amide bonds. The third-order valence-corrected chi connectivity index (χ3v) is 7.08. The molecule has 152 valence electrons. The third-order valence-electron chi connectivity index (χ3n) is 7.08. The summed E-state index contributed by atoms with van der Waals surface area (Å²) in [6.45, 7) is 4.47. The molecule has 1 spiro atoms. The molecule has 0 aromatic carbocycles. The summed E-state index contributed by atoms with van der Waals surface area (Å²) >= 11 is 0. The molecule has 3 saturated carbocycles. The number of hydrogen-bond acceptors (Lipinski definition) is 5. The van der Waals surface area contributed by atoms with Crippen molar-refractivity contribution in [2.75, 3.05) is 5.32 Å². The molecule has 2 bridgehead atoms. The molecule has 3 aliphatic carbocycles. The van der Waals surface area contributed by atoms with E-state index in [4.69, 9.17) is 4.42 Å². The standard InChI is InChI=1S/C22H26N4O3/c1-13-5-6-15(29-13)11-24-20(28)17-10-14-7-8-21(17,2)12-22(14)25-18-16(19(27)26-22)4-3-9-23-18/h3-6,9,14,17H,7-8,10-12H2,1-2H3,(H,23,25)(H,24,28)(H,26,27)/t14-,17-,21+,22+/m1/s1. The molecule has 3 N–H and O–H groups in total. The van der Waals surface area contributed by atoms with Crippen LogP contribution in [0.1, 0.15) is 54.5 Å². The van der Waals surface area contributed by atoms with Crippen molar-refractivity contribution in [3.05, 3.63) is 47.5 Å². The van der Waals surface area contributed by atoms with Crippen LogP contribution in [0.4, 0.5) is 5.82 Å². The SMILES string of the molecule is Cc1ccc(CNC(=O)[C@H]2C[C@H]3CC[C@@]2(C)C[C@]32NC(=O)c3cccnc3N2)o1. The van der Waals surface area contributed by atoms with Gasteiger partial charge in [0.2, 0.25) is 5.91 Å². The molecule has 4 atom stereocenters. The molecule has 0 unspecified atom stereocenters. The predicted octanol–water partition coefficient (Wildman–Crippen LogP) is 2.98. The molecule has 4 aliphatic rings. The quantitative estimate of drug-likeness (QED) is 0.744. The fraction of sp³-hybridized carbons (Fsp3) is 0.500. The van der Waals surface area contributed by atoms with Crippen LogP contribution in [-0.4, -0.2) is 22.5 Å². The van der Waals surface area contributed by atoms with E-state index in [0.29, 0.717) is 24.3 Å². The molecule has 3 fully saturated rings. The first kappa shape index (κ1) is 18.2. The Bertz CT molecular complexity index is 986. The Morgan fingerprint density at radius 2 is 2.21 bits per heavy atom. The van der Waals surface area contributed by atoms with Gasteiger partial charge in [-0.05, 0) is 62.3 Å². The van der Waals surface area contributed by atoms with E-state index in [-0.39, 0.29) is 29.1 Å². The molecule has 7 heteroatoms. The molecule has 2 aromatic heterocycles. The lowest BCUT2D eigenvalue weighted by Gasteiger charge is -2.60. The summed E-state index contributed by atoms with van der Waals surface area (Å²) in [6, 6.07) is 7.35. The fourth-order valence-corrected chi connectivity index (χ4v) is 5.60. The second-order valence-electron chi connectivity index (χ2n) is 9.03. The van der Waals surface area contributed by atoms with E-state index in [1.54, 1.807) is 18.3 Å². The van der Waals surface area contributed by atoms with Crippen molar-refractivity contribution < 1.29 is 14.0 Å². The lowest BCUT2D eigenvalue weighted by molar-refractivity contribution is -0.139. The smallest absolute Gasteiger partial charge is 0.256 e. The van der Waals surface area contributed by atoms with Gasteiger partial charge in [0, 0.05) is 18.0 Å². The number of furan rings is 1. The second kappa shape index (κ2) is 6.34. The maximum absolute atomic E-state index is 13.0. The number of aromatic nitrogens is 1. The number of nitrogens with one attached hydrogen (secondary N) is 3. The monoisotopic (exact) mass is 394 g/mol. The lowest BCUT2D eigenvalue weighted by Crippen LogP contribution is -2.70. The minimum Gasteiger partial charge on any atom is -0.465 e. The van der Waals surface area contributed by atoms with Gasteiger partial charge in [0.25, 0.3) is 5.91 Å². The van der Waals surface area contributed by atoms with E-state index < -0.39 is 5.66 Å². The number of anilines is 1. The van der Waals surface area contributed by atoms with Gasteiger partial charge in [0.05, 0.1) is 12.1 Å². The summed E-state index contributed by atoms with van der Waals surface area (Å²) in [6.07, 6.45) is 5.12. The highest BCUT2D eigenvalue weighted by Gasteiger charge is 2.60. The first-order valence-electron chi connectivity index (χ1n) is 10.3. The highest BCUT2D eigenvalue weighted by Crippen LogP contribution is 2.58. The number of carbonyl (C=O) groups excluding carboxylic acids is 2. The molecule has 0 radical (unpaired) electrons. The summed E-state index contributed by atoms with van der Waals surface area (Å²) in [5, 5.41) is 9.81. The molecule has 7 nitrogen and oxygen atoms in total. The maximum atomic E-state index is 13.0. The number of rotatable bonds is 3. The van der Waals surface area contributed by atoms with Crippen LogP contribution in [0.3, 0.4) is 0 Å². The van der Waals surface area contributed by atoms with Gasteiger partial charge < -0.3 is 20.4 Å². The Balaban J connectivity index is 1.35. The largest absolute Gasteiger partial charge is 0.465 e. The van der Waals surface area contributed by atoms with Crippen molar-refractivity contribution in [3.63, 3.8) is 0 Å². The topological polar surface area (TPSA) is 96.3 Å². The molecule has 29 heavy (non-hydrogen) atoms. The van der Waals surface area contributed by atoms with Gasteiger partial charge in [-0.3, -0.25) is 9.59 Å². The number of fused-ring (bicyclic) bond motifs is 3. The minimum atomic E-state index is -0.527. The summed E-state index contributed by atoms with van der Waals surface area (Å²) in [5.74, 6) is 2.34. The Morgan fingerprint density at radius 1 is 1.34 bits per heavy atom. The van der Waals surface area contributed by atoms with Gasteiger partial charge in [-0.25, -0.2) is 4.98 Å². The van der Waals surface area contributed by atoms with Gasteiger partial charge >= 0.3 is 0 Å². The normalized spacial score (nSPS) is 32.4. The number of pyridine rings is 1. The third kappa shape index (κ3) is 2.91. The molecule has 0 saturated heterocycles. The van der Waals surface area contributed by atoms with Crippen molar-refractivity contribution in [1.29, 1.82) is 0 Å². The zero-order valence-electron chi connectivity index (χ0n) is 16.7. The van der Waals surface area contributed by atoms with Gasteiger partial charge in [-0.15, -0.1) is 0 Å². The number of amides is 2. The Morgan fingerprint density at radius 3 is 2.97 bits per heavy atom. The van der Waals surface area contributed by atoms with Gasteiger partial charge in [0.15, 0.2) is 0 Å². The summed E-state index contributed by atoms with van der Waals surface area (Å²) in [5.41, 5.74) is -0.141. The number of hydrogen-bond donors (Lipinski definition) is 3. The second-order valence-corrected chi connectivity index (χ2v) is 9.03. The summed E-state index contributed by atoms with van der Waals surface area (Å²) in [7, 11) is 0. The van der Waals surface area contributed by atoms with E-state index in [2.05, 4.69) is 27.9 Å². The average Bonchev–Trinajstić information content (AvgIpc) is 3.11. The molecular weight excluding hydrogens is 368 g/mol. The highest BCUT2D eigenvalue weighted by molar-refractivity contribution is 6.01. The van der Waals surface area contributed by atoms with Crippen molar-refractivity contribution in [3.8, 4) is 0 Å². The van der Waals surface area contributed by atoms with E-state index >= 15 is 0 Å². The highest BCUT2D eigenvalue weighted by atomic mass is 16.3. The zero-order valence-corrected chi connectivity index (χ0v) is 16.7. The first-order chi connectivity index (χ1) is 13.9. The van der Waals surface area contributed by atoms with Crippen LogP contribution < -0.4 is 16.0 Å². The van der Waals surface area contributed by atoms with Gasteiger partial charge in [-0.1, -0.05) is 6.92 Å². The maximum Gasteiger partial charge on any atom is 0.256 e. The van der Waals surface area contributed by atoms with Gasteiger partial charge in [-0.2, -0.15) is 0 Å². The zero-order chi connectivity index (χ0) is 20.2. The van der Waals surface area contributed by atoms with Crippen LogP contribution in [0.15, 0.2) is 34.9 Å². The molecule has 3 heterocycles. The van der Waals surface area contributed by atoms with Crippen LogP contribution in [-0.2, 0) is 11.3 Å². The Hall–Kier alpha value is -2.83. The van der Waals surface area contributed by atoms with Crippen molar-refractivity contribution in [2.45, 2.75) is 51.7 Å².